The van der Waals surface area contributed by atoms with Crippen LogP contribution in [0.2, 0.25) is 0 Å². The standard InChI is InChI=1S/C11H15N3O3/c1-7(12)10(15)14-6-8-2-4-9(5-3-8)17-11(13)16/h2-5,7H,6,12H2,1H3,(H2,13,16)(H,14,15). The van der Waals surface area contributed by atoms with E-state index in [-0.39, 0.29) is 5.91 Å². The van der Waals surface area contributed by atoms with Crippen LogP contribution in [0.15, 0.2) is 24.3 Å². The Balaban J connectivity index is 2.51. The summed E-state index contributed by atoms with van der Waals surface area (Å²) in [5.41, 5.74) is 11.1. The number of primary amides is 1. The van der Waals surface area contributed by atoms with Crippen LogP contribution in [0.25, 0.3) is 0 Å². The molecule has 0 saturated carbocycles. The van der Waals surface area contributed by atoms with Crippen molar-refractivity contribution in [3.63, 3.8) is 0 Å². The normalized spacial score (nSPS) is 11.6. The van der Waals surface area contributed by atoms with Crippen molar-refractivity contribution in [1.29, 1.82) is 0 Å². The number of hydrogen-bond donors (Lipinski definition) is 3. The maximum atomic E-state index is 11.2. The zero-order valence-corrected chi connectivity index (χ0v) is 9.47. The summed E-state index contributed by atoms with van der Waals surface area (Å²) in [5, 5.41) is 2.66. The molecule has 1 atom stereocenters. The van der Waals surface area contributed by atoms with Gasteiger partial charge in [0, 0.05) is 6.54 Å². The van der Waals surface area contributed by atoms with E-state index in [0.717, 1.165) is 5.56 Å². The third-order valence-electron chi connectivity index (χ3n) is 2.02. The summed E-state index contributed by atoms with van der Waals surface area (Å²) < 4.78 is 4.66. The zero-order chi connectivity index (χ0) is 12.8. The monoisotopic (exact) mass is 237 g/mol. The molecule has 1 rings (SSSR count). The van der Waals surface area contributed by atoms with E-state index in [1.807, 2.05) is 0 Å². The molecular weight excluding hydrogens is 222 g/mol. The van der Waals surface area contributed by atoms with Gasteiger partial charge in [0.05, 0.1) is 6.04 Å². The average molecular weight is 237 g/mol. The molecule has 0 spiro atoms. The predicted octanol–water partition coefficient (Wildman–Crippen LogP) is 0.107. The third-order valence-corrected chi connectivity index (χ3v) is 2.02. The van der Waals surface area contributed by atoms with Crippen LogP contribution in [0, 0.1) is 0 Å². The minimum absolute atomic E-state index is 0.220. The van der Waals surface area contributed by atoms with Crippen molar-refractivity contribution in [2.24, 2.45) is 11.5 Å². The Hall–Kier alpha value is -2.08. The van der Waals surface area contributed by atoms with Crippen LogP contribution in [0.1, 0.15) is 12.5 Å². The van der Waals surface area contributed by atoms with Crippen molar-refractivity contribution < 1.29 is 14.3 Å². The zero-order valence-electron chi connectivity index (χ0n) is 9.47. The van der Waals surface area contributed by atoms with Gasteiger partial charge in [-0.2, -0.15) is 0 Å². The van der Waals surface area contributed by atoms with Crippen LogP contribution in [-0.2, 0) is 11.3 Å². The van der Waals surface area contributed by atoms with Gasteiger partial charge in [0.25, 0.3) is 0 Å². The van der Waals surface area contributed by atoms with E-state index in [9.17, 15) is 9.59 Å². The van der Waals surface area contributed by atoms with E-state index in [1.165, 1.54) is 0 Å². The molecule has 0 saturated heterocycles. The summed E-state index contributed by atoms with van der Waals surface area (Å²) >= 11 is 0. The van der Waals surface area contributed by atoms with Gasteiger partial charge < -0.3 is 21.5 Å². The highest BCUT2D eigenvalue weighted by atomic mass is 16.5. The molecular formula is C11H15N3O3. The molecule has 1 aromatic rings. The summed E-state index contributed by atoms with van der Waals surface area (Å²) in [7, 11) is 0. The van der Waals surface area contributed by atoms with E-state index < -0.39 is 12.1 Å². The van der Waals surface area contributed by atoms with E-state index in [1.54, 1.807) is 31.2 Å². The van der Waals surface area contributed by atoms with Crippen LogP contribution < -0.4 is 21.5 Å². The molecule has 6 nitrogen and oxygen atoms in total. The molecule has 2 amide bonds. The van der Waals surface area contributed by atoms with Crippen molar-refractivity contribution in [3.8, 4) is 5.75 Å². The minimum atomic E-state index is -0.858. The number of amides is 2. The summed E-state index contributed by atoms with van der Waals surface area (Å²) in [5.74, 6) is 0.141. The van der Waals surface area contributed by atoms with Crippen LogP contribution in [0.5, 0.6) is 5.75 Å². The van der Waals surface area contributed by atoms with Crippen molar-refractivity contribution in [3.05, 3.63) is 29.8 Å². The predicted molar refractivity (Wildman–Crippen MR) is 62.1 cm³/mol. The average Bonchev–Trinajstić information content (AvgIpc) is 2.26. The lowest BCUT2D eigenvalue weighted by molar-refractivity contribution is -0.122. The molecule has 0 aromatic heterocycles. The van der Waals surface area contributed by atoms with Crippen molar-refractivity contribution in [2.75, 3.05) is 0 Å². The number of hydrogen-bond acceptors (Lipinski definition) is 4. The largest absolute Gasteiger partial charge is 0.411 e. The molecule has 6 heteroatoms. The first-order chi connectivity index (χ1) is 7.99. The van der Waals surface area contributed by atoms with Gasteiger partial charge in [0.1, 0.15) is 5.75 Å². The fourth-order valence-electron chi connectivity index (χ4n) is 1.14. The minimum Gasteiger partial charge on any atom is -0.411 e. The Labute approximate surface area is 98.9 Å². The summed E-state index contributed by atoms with van der Waals surface area (Å²) in [6, 6.07) is 6.10. The third kappa shape index (κ3) is 4.52. The topological polar surface area (TPSA) is 107 Å². The molecule has 92 valence electrons. The molecule has 0 heterocycles. The van der Waals surface area contributed by atoms with Gasteiger partial charge >= 0.3 is 6.09 Å². The molecule has 0 fully saturated rings. The van der Waals surface area contributed by atoms with E-state index in [0.29, 0.717) is 12.3 Å². The number of benzene rings is 1. The van der Waals surface area contributed by atoms with Gasteiger partial charge in [-0.05, 0) is 24.6 Å². The molecule has 0 aliphatic rings. The van der Waals surface area contributed by atoms with Gasteiger partial charge in [-0.1, -0.05) is 12.1 Å². The second-order valence-corrected chi connectivity index (χ2v) is 3.57. The fourth-order valence-corrected chi connectivity index (χ4v) is 1.14. The molecule has 0 aliphatic carbocycles. The van der Waals surface area contributed by atoms with Gasteiger partial charge in [-0.3, -0.25) is 4.79 Å². The van der Waals surface area contributed by atoms with Crippen LogP contribution in [-0.4, -0.2) is 18.0 Å². The molecule has 17 heavy (non-hydrogen) atoms. The number of nitrogens with one attached hydrogen (secondary N) is 1. The van der Waals surface area contributed by atoms with E-state index in [4.69, 9.17) is 11.5 Å². The lowest BCUT2D eigenvalue weighted by Crippen LogP contribution is -2.37. The quantitative estimate of drug-likeness (QED) is 0.690. The van der Waals surface area contributed by atoms with Crippen LogP contribution in [0.4, 0.5) is 4.79 Å². The van der Waals surface area contributed by atoms with Gasteiger partial charge in [0.15, 0.2) is 0 Å². The molecule has 0 bridgehead atoms. The first-order valence-electron chi connectivity index (χ1n) is 5.08. The van der Waals surface area contributed by atoms with Crippen molar-refractivity contribution in [2.45, 2.75) is 19.5 Å². The smallest absolute Gasteiger partial charge is 0.409 e. The Bertz CT molecular complexity index is 401. The highest BCUT2D eigenvalue weighted by Crippen LogP contribution is 2.11. The molecule has 0 radical (unpaired) electrons. The lowest BCUT2D eigenvalue weighted by Gasteiger charge is -2.08. The summed E-state index contributed by atoms with van der Waals surface area (Å²) in [6.07, 6.45) is -0.858. The van der Waals surface area contributed by atoms with E-state index >= 15 is 0 Å². The van der Waals surface area contributed by atoms with Crippen LogP contribution in [0.3, 0.4) is 0 Å². The Morgan fingerprint density at radius 2 is 1.94 bits per heavy atom. The Kier molecular flexibility index (Phi) is 4.47. The number of ether oxygens (including phenoxy) is 1. The number of carbonyl (C=O) groups is 2. The van der Waals surface area contributed by atoms with E-state index in [2.05, 4.69) is 10.1 Å². The number of nitrogens with two attached hydrogens (primary N) is 2. The second-order valence-electron chi connectivity index (χ2n) is 3.57. The highest BCUT2D eigenvalue weighted by molar-refractivity contribution is 5.80. The Morgan fingerprint density at radius 3 is 2.41 bits per heavy atom. The van der Waals surface area contributed by atoms with Crippen molar-refractivity contribution >= 4 is 12.0 Å². The van der Waals surface area contributed by atoms with Crippen molar-refractivity contribution in [1.82, 2.24) is 5.32 Å². The first kappa shape index (κ1) is 13.0. The molecule has 1 unspecified atom stereocenters. The number of rotatable bonds is 4. The van der Waals surface area contributed by atoms with Gasteiger partial charge in [0.2, 0.25) is 5.91 Å². The number of carbonyl (C=O) groups excluding carboxylic acids is 2. The molecule has 0 aliphatic heterocycles. The Morgan fingerprint density at radius 1 is 1.35 bits per heavy atom. The van der Waals surface area contributed by atoms with Crippen LogP contribution >= 0.6 is 0 Å². The molecule has 5 N–H and O–H groups in total. The summed E-state index contributed by atoms with van der Waals surface area (Å²) in [6.45, 7) is 1.98. The maximum absolute atomic E-state index is 11.2. The van der Waals surface area contributed by atoms with Gasteiger partial charge in [-0.25, -0.2) is 4.79 Å². The summed E-state index contributed by atoms with van der Waals surface area (Å²) in [4.78, 5) is 21.7. The SMILES string of the molecule is CC(N)C(=O)NCc1ccc(OC(N)=O)cc1. The lowest BCUT2D eigenvalue weighted by atomic mass is 10.2. The second kappa shape index (κ2) is 5.86. The molecule has 1 aromatic carbocycles. The fraction of sp³-hybridized carbons (Fsp3) is 0.273. The van der Waals surface area contributed by atoms with Gasteiger partial charge in [-0.15, -0.1) is 0 Å². The maximum Gasteiger partial charge on any atom is 0.409 e. The highest BCUT2D eigenvalue weighted by Gasteiger charge is 2.06. The first-order valence-corrected chi connectivity index (χ1v) is 5.08.